The zero-order valence-electron chi connectivity index (χ0n) is 20.1. The lowest BCUT2D eigenvalue weighted by atomic mass is 9.79. The van der Waals surface area contributed by atoms with E-state index in [4.69, 9.17) is 4.74 Å². The van der Waals surface area contributed by atoms with Crippen molar-refractivity contribution in [2.75, 3.05) is 32.5 Å². The molecule has 8 heteroatoms. The van der Waals surface area contributed by atoms with E-state index in [2.05, 4.69) is 26.7 Å². The topological polar surface area (TPSA) is 82.9 Å². The Kier molecular flexibility index (Phi) is 9.43. The van der Waals surface area contributed by atoms with Crippen LogP contribution in [-0.4, -0.2) is 58.6 Å². The van der Waals surface area contributed by atoms with E-state index in [0.717, 1.165) is 66.9 Å². The van der Waals surface area contributed by atoms with Gasteiger partial charge in [-0.05, 0) is 97.6 Å². The van der Waals surface area contributed by atoms with Crippen LogP contribution in [0.15, 0.2) is 52.2 Å². The molecule has 0 radical (unpaired) electrons. The van der Waals surface area contributed by atoms with E-state index in [1.807, 2.05) is 36.0 Å². The van der Waals surface area contributed by atoms with Crippen LogP contribution in [0.4, 0.5) is 0 Å². The smallest absolute Gasteiger partial charge is 0.303 e. The number of nitrogens with zero attached hydrogens (tertiary/aromatic N) is 2. The van der Waals surface area contributed by atoms with Crippen LogP contribution in [0.2, 0.25) is 0 Å². The molecule has 1 aliphatic heterocycles. The number of hydrogen-bond donors (Lipinski definition) is 2. The molecule has 0 amide bonds. The maximum absolute atomic E-state index is 11.6. The SMILES string of the molecule is COc1ccc2nccc([C@@H](O)CC[C@@H]3CCN(CCCSc4ccsc4)C[C@@H]3CC(=O)O)c2c1. The van der Waals surface area contributed by atoms with Crippen molar-refractivity contribution in [2.45, 2.75) is 43.1 Å². The summed E-state index contributed by atoms with van der Waals surface area (Å²) in [6.07, 6.45) is 4.80. The highest BCUT2D eigenvalue weighted by atomic mass is 32.2. The summed E-state index contributed by atoms with van der Waals surface area (Å²) in [4.78, 5) is 19.8. The number of aliphatic hydroxyl groups is 1. The van der Waals surface area contributed by atoms with Gasteiger partial charge in [-0.3, -0.25) is 9.78 Å². The Morgan fingerprint density at radius 2 is 2.20 bits per heavy atom. The number of rotatable bonds is 12. The summed E-state index contributed by atoms with van der Waals surface area (Å²) in [5.74, 6) is 1.51. The van der Waals surface area contributed by atoms with Gasteiger partial charge in [0.2, 0.25) is 0 Å². The largest absolute Gasteiger partial charge is 0.497 e. The predicted molar refractivity (Wildman–Crippen MR) is 142 cm³/mol. The van der Waals surface area contributed by atoms with Gasteiger partial charge in [-0.25, -0.2) is 0 Å². The normalized spacial score (nSPS) is 19.6. The number of aliphatic carboxylic acids is 1. The molecular formula is C27H34N2O4S2. The van der Waals surface area contributed by atoms with Gasteiger partial charge in [-0.15, -0.1) is 11.8 Å². The quantitative estimate of drug-likeness (QED) is 0.236. The van der Waals surface area contributed by atoms with Crippen molar-refractivity contribution in [3.63, 3.8) is 0 Å². The highest BCUT2D eigenvalue weighted by molar-refractivity contribution is 7.99. The second-order valence-electron chi connectivity index (χ2n) is 9.24. The van der Waals surface area contributed by atoms with Crippen LogP contribution < -0.4 is 4.74 Å². The molecule has 1 saturated heterocycles. The van der Waals surface area contributed by atoms with E-state index >= 15 is 0 Å². The van der Waals surface area contributed by atoms with Gasteiger partial charge in [-0.1, -0.05) is 0 Å². The molecule has 0 unspecified atom stereocenters. The zero-order valence-corrected chi connectivity index (χ0v) is 21.8. The number of likely N-dealkylation sites (tertiary alicyclic amines) is 1. The van der Waals surface area contributed by atoms with Gasteiger partial charge < -0.3 is 19.8 Å². The van der Waals surface area contributed by atoms with E-state index in [9.17, 15) is 15.0 Å². The number of carboxylic acids is 1. The Morgan fingerprint density at radius 1 is 1.31 bits per heavy atom. The standard InChI is InChI=1S/C27H34N2O4S2/c1-33-21-4-5-25-24(16-21)23(7-10-28-25)26(30)6-3-19-8-12-29(17-20(19)15-27(31)32)11-2-13-35-22-9-14-34-18-22/h4-5,7,9-10,14,16,18-20,26,30H,2-3,6,8,11-13,15,17H2,1H3,(H,31,32)/t19-,20+,26+/m1/s1. The number of aliphatic hydroxyl groups excluding tert-OH is 1. The van der Waals surface area contributed by atoms with E-state index in [1.54, 1.807) is 24.6 Å². The number of aromatic nitrogens is 1. The first-order valence-electron chi connectivity index (χ1n) is 12.2. The molecule has 3 aromatic rings. The number of thiophene rings is 1. The third kappa shape index (κ3) is 7.19. The molecular weight excluding hydrogens is 480 g/mol. The second-order valence-corrected chi connectivity index (χ2v) is 11.2. The number of ether oxygens (including phenoxy) is 1. The van der Waals surface area contributed by atoms with E-state index in [-0.39, 0.29) is 12.3 Å². The molecule has 0 aliphatic carbocycles. The molecule has 188 valence electrons. The van der Waals surface area contributed by atoms with Crippen LogP contribution in [0.5, 0.6) is 5.75 Å². The summed E-state index contributed by atoms with van der Waals surface area (Å²) >= 11 is 3.61. The molecule has 0 bridgehead atoms. The lowest BCUT2D eigenvalue weighted by Crippen LogP contribution is -2.42. The number of piperidine rings is 1. The Labute approximate surface area is 215 Å². The van der Waals surface area contributed by atoms with Crippen LogP contribution in [0.3, 0.4) is 0 Å². The lowest BCUT2D eigenvalue weighted by Gasteiger charge is -2.38. The first-order valence-corrected chi connectivity index (χ1v) is 14.2. The summed E-state index contributed by atoms with van der Waals surface area (Å²) in [6.45, 7) is 2.83. The first-order chi connectivity index (χ1) is 17.0. The van der Waals surface area contributed by atoms with Gasteiger partial charge in [0.05, 0.1) is 18.7 Å². The fourth-order valence-corrected chi connectivity index (χ4v) is 6.81. The van der Waals surface area contributed by atoms with Crippen molar-refractivity contribution >= 4 is 40.0 Å². The molecule has 1 aromatic carbocycles. The number of carbonyl (C=O) groups is 1. The minimum atomic E-state index is -0.734. The van der Waals surface area contributed by atoms with E-state index in [1.165, 1.54) is 4.90 Å². The van der Waals surface area contributed by atoms with Crippen molar-refractivity contribution < 1.29 is 19.7 Å². The predicted octanol–water partition coefficient (Wildman–Crippen LogP) is 5.71. The molecule has 3 atom stereocenters. The number of thioether (sulfide) groups is 1. The van der Waals surface area contributed by atoms with Gasteiger partial charge in [-0.2, -0.15) is 11.3 Å². The van der Waals surface area contributed by atoms with E-state index < -0.39 is 12.1 Å². The maximum Gasteiger partial charge on any atom is 0.303 e. The highest BCUT2D eigenvalue weighted by Gasteiger charge is 2.31. The minimum Gasteiger partial charge on any atom is -0.497 e. The first kappa shape index (κ1) is 25.9. The molecule has 0 saturated carbocycles. The monoisotopic (exact) mass is 514 g/mol. The zero-order chi connectivity index (χ0) is 24.6. The molecule has 2 aromatic heterocycles. The second kappa shape index (κ2) is 12.7. The molecule has 2 N–H and O–H groups in total. The number of pyridine rings is 1. The van der Waals surface area contributed by atoms with E-state index in [0.29, 0.717) is 12.3 Å². The fourth-order valence-electron chi connectivity index (χ4n) is 5.10. The van der Waals surface area contributed by atoms with Gasteiger partial charge in [0.25, 0.3) is 0 Å². The van der Waals surface area contributed by atoms with Crippen LogP contribution in [0.1, 0.15) is 43.8 Å². The number of benzene rings is 1. The highest BCUT2D eigenvalue weighted by Crippen LogP contribution is 2.35. The van der Waals surface area contributed by atoms with Crippen LogP contribution in [-0.2, 0) is 4.79 Å². The number of methoxy groups -OCH3 is 1. The Balaban J connectivity index is 1.32. The van der Waals surface area contributed by atoms with Crippen molar-refractivity contribution in [2.24, 2.45) is 11.8 Å². The lowest BCUT2D eigenvalue weighted by molar-refractivity contribution is -0.139. The van der Waals surface area contributed by atoms with Gasteiger partial charge in [0.15, 0.2) is 0 Å². The summed E-state index contributed by atoms with van der Waals surface area (Å²) in [5.41, 5.74) is 1.68. The maximum atomic E-state index is 11.6. The average molecular weight is 515 g/mol. The van der Waals surface area contributed by atoms with Crippen molar-refractivity contribution in [1.82, 2.24) is 9.88 Å². The van der Waals surface area contributed by atoms with Gasteiger partial charge in [0.1, 0.15) is 5.75 Å². The summed E-state index contributed by atoms with van der Waals surface area (Å²) in [7, 11) is 1.63. The molecule has 35 heavy (non-hydrogen) atoms. The molecule has 1 fully saturated rings. The average Bonchev–Trinajstić information content (AvgIpc) is 3.38. The number of fused-ring (bicyclic) bond motifs is 1. The minimum absolute atomic E-state index is 0.118. The summed E-state index contributed by atoms with van der Waals surface area (Å²) < 4.78 is 5.36. The Hall–Kier alpha value is -2.13. The molecule has 1 aliphatic rings. The summed E-state index contributed by atoms with van der Waals surface area (Å²) in [5, 5.41) is 25.8. The molecule has 6 nitrogen and oxygen atoms in total. The van der Waals surface area contributed by atoms with Crippen molar-refractivity contribution in [3.8, 4) is 5.75 Å². The third-order valence-electron chi connectivity index (χ3n) is 6.95. The van der Waals surface area contributed by atoms with Crippen LogP contribution in [0, 0.1) is 11.8 Å². The van der Waals surface area contributed by atoms with Crippen LogP contribution in [0.25, 0.3) is 10.9 Å². The third-order valence-corrected chi connectivity index (χ3v) is 8.86. The van der Waals surface area contributed by atoms with Gasteiger partial charge >= 0.3 is 5.97 Å². The Bertz CT molecular complexity index is 1090. The van der Waals surface area contributed by atoms with Crippen molar-refractivity contribution in [1.29, 1.82) is 0 Å². The summed E-state index contributed by atoms with van der Waals surface area (Å²) in [6, 6.07) is 9.73. The Morgan fingerprint density at radius 3 is 2.97 bits per heavy atom. The molecule has 3 heterocycles. The fraction of sp³-hybridized carbons (Fsp3) is 0.481. The van der Waals surface area contributed by atoms with Crippen LogP contribution >= 0.6 is 23.1 Å². The molecule has 0 spiro atoms. The van der Waals surface area contributed by atoms with Gasteiger partial charge in [0, 0.05) is 34.8 Å². The number of hydrogen-bond acceptors (Lipinski definition) is 7. The molecule has 4 rings (SSSR count). The number of carboxylic acid groups (broad SMARTS) is 1. The van der Waals surface area contributed by atoms with Crippen molar-refractivity contribution in [3.05, 3.63) is 52.9 Å².